The van der Waals surface area contributed by atoms with Crippen LogP contribution in [0.4, 0.5) is 0 Å². The van der Waals surface area contributed by atoms with E-state index in [-0.39, 0.29) is 11.7 Å². The molecule has 11 heavy (non-hydrogen) atoms. The molecule has 2 rings (SSSR count). The van der Waals surface area contributed by atoms with Gasteiger partial charge in [0.25, 0.3) is 0 Å². The molecule has 0 unspecified atom stereocenters. The van der Waals surface area contributed by atoms with Gasteiger partial charge in [-0.2, -0.15) is 0 Å². The maximum atomic E-state index is 11.3. The summed E-state index contributed by atoms with van der Waals surface area (Å²) in [6.07, 6.45) is 3.76. The number of nitrogens with zero attached hydrogens (tertiary/aromatic N) is 1. The van der Waals surface area contributed by atoms with Crippen molar-refractivity contribution in [1.29, 1.82) is 0 Å². The lowest BCUT2D eigenvalue weighted by Gasteiger charge is -1.94. The largest absolute Gasteiger partial charge is 0.292 e. The number of hydrogen-bond acceptors (Lipinski definition) is 2. The Labute approximate surface area is 65.3 Å². The zero-order chi connectivity index (χ0) is 7.68. The summed E-state index contributed by atoms with van der Waals surface area (Å²) in [6, 6.07) is 5.45. The molecular weight excluding hydrogens is 138 g/mol. The fourth-order valence-electron chi connectivity index (χ4n) is 1.06. The van der Waals surface area contributed by atoms with Gasteiger partial charge in [-0.15, -0.1) is 0 Å². The highest BCUT2D eigenvalue weighted by molar-refractivity contribution is 5.97. The second kappa shape index (κ2) is 2.46. The maximum Gasteiger partial charge on any atom is 0.184 e. The Morgan fingerprint density at radius 2 is 2.27 bits per heavy atom. The highest BCUT2D eigenvalue weighted by atomic mass is 16.1. The predicted octanol–water partition coefficient (Wildman–Crippen LogP) is 1.67. The van der Waals surface area contributed by atoms with Gasteiger partial charge in [0, 0.05) is 12.1 Å². The number of carbonyl (C=O) groups excluding carboxylic acids is 1. The number of hydrogen-bond donors (Lipinski definition) is 0. The first-order valence-corrected chi connectivity index (χ1v) is 3.83. The Morgan fingerprint density at radius 1 is 1.45 bits per heavy atom. The molecular formula is C9H9NO. The number of aromatic nitrogens is 1. The summed E-state index contributed by atoms with van der Waals surface area (Å²) in [7, 11) is 0. The Bertz CT molecular complexity index is 264. The first kappa shape index (κ1) is 6.53. The Balaban J connectivity index is 2.22. The normalized spacial score (nSPS) is 16.4. The molecule has 1 aliphatic carbocycles. The summed E-state index contributed by atoms with van der Waals surface area (Å²) in [4.78, 5) is 15.3. The van der Waals surface area contributed by atoms with Gasteiger partial charge in [0.1, 0.15) is 5.69 Å². The van der Waals surface area contributed by atoms with Crippen LogP contribution in [0.15, 0.2) is 24.4 Å². The average molecular weight is 147 g/mol. The maximum absolute atomic E-state index is 11.3. The average Bonchev–Trinajstić information content (AvgIpc) is 2.87. The molecule has 1 fully saturated rings. The van der Waals surface area contributed by atoms with Crippen LogP contribution in [0.2, 0.25) is 0 Å². The van der Waals surface area contributed by atoms with E-state index < -0.39 is 0 Å². The van der Waals surface area contributed by atoms with Gasteiger partial charge in [0.05, 0.1) is 0 Å². The van der Waals surface area contributed by atoms with Crippen molar-refractivity contribution in [2.45, 2.75) is 12.8 Å². The summed E-state index contributed by atoms with van der Waals surface area (Å²) in [6.45, 7) is 0. The van der Waals surface area contributed by atoms with Crippen LogP contribution < -0.4 is 0 Å². The number of carbonyl (C=O) groups is 1. The molecule has 0 aliphatic heterocycles. The molecule has 0 bridgehead atoms. The minimum Gasteiger partial charge on any atom is -0.292 e. The monoisotopic (exact) mass is 147 g/mol. The van der Waals surface area contributed by atoms with Crippen LogP contribution in [0.3, 0.4) is 0 Å². The van der Waals surface area contributed by atoms with Gasteiger partial charge in [-0.25, -0.2) is 0 Å². The minimum absolute atomic E-state index is 0.214. The smallest absolute Gasteiger partial charge is 0.184 e. The summed E-state index contributed by atoms with van der Waals surface area (Å²) in [5.41, 5.74) is 0.620. The topological polar surface area (TPSA) is 30.0 Å². The van der Waals surface area contributed by atoms with Crippen LogP contribution in [0.1, 0.15) is 23.3 Å². The molecule has 0 atom stereocenters. The third kappa shape index (κ3) is 1.29. The Hall–Kier alpha value is -1.18. The Morgan fingerprint density at radius 3 is 2.82 bits per heavy atom. The van der Waals surface area contributed by atoms with Crippen molar-refractivity contribution < 1.29 is 4.79 Å². The lowest BCUT2D eigenvalue weighted by atomic mass is 10.2. The molecule has 1 saturated carbocycles. The van der Waals surface area contributed by atoms with Crippen LogP contribution in [-0.2, 0) is 0 Å². The molecule has 2 heteroatoms. The van der Waals surface area contributed by atoms with Crippen molar-refractivity contribution in [3.8, 4) is 0 Å². The van der Waals surface area contributed by atoms with Crippen molar-refractivity contribution in [2.75, 3.05) is 0 Å². The van der Waals surface area contributed by atoms with Gasteiger partial charge in [0.15, 0.2) is 5.78 Å². The SMILES string of the molecule is O=C(c1ccccn1)C1CC1. The molecule has 0 radical (unpaired) electrons. The highest BCUT2D eigenvalue weighted by Gasteiger charge is 2.30. The highest BCUT2D eigenvalue weighted by Crippen LogP contribution is 2.31. The van der Waals surface area contributed by atoms with Crippen LogP contribution in [0.5, 0.6) is 0 Å². The van der Waals surface area contributed by atoms with Crippen LogP contribution in [0, 0.1) is 5.92 Å². The van der Waals surface area contributed by atoms with Crippen LogP contribution in [0.25, 0.3) is 0 Å². The van der Waals surface area contributed by atoms with Gasteiger partial charge >= 0.3 is 0 Å². The second-order valence-corrected chi connectivity index (χ2v) is 2.85. The van der Waals surface area contributed by atoms with Gasteiger partial charge in [-0.05, 0) is 25.0 Å². The molecule has 0 N–H and O–H groups in total. The molecule has 0 saturated heterocycles. The molecule has 0 aromatic carbocycles. The number of ketones is 1. The van der Waals surface area contributed by atoms with E-state index >= 15 is 0 Å². The molecule has 1 aromatic rings. The van der Waals surface area contributed by atoms with Crippen molar-refractivity contribution in [1.82, 2.24) is 4.98 Å². The quantitative estimate of drug-likeness (QED) is 0.595. The standard InChI is InChI=1S/C9H9NO/c11-9(7-4-5-7)8-3-1-2-6-10-8/h1-3,6-7H,4-5H2. The van der Waals surface area contributed by atoms with Gasteiger partial charge < -0.3 is 0 Å². The van der Waals surface area contributed by atoms with E-state index in [1.54, 1.807) is 12.3 Å². The summed E-state index contributed by atoms with van der Waals surface area (Å²) < 4.78 is 0. The molecule has 2 nitrogen and oxygen atoms in total. The summed E-state index contributed by atoms with van der Waals surface area (Å²) in [5.74, 6) is 0.496. The number of Topliss-reactive ketones (excluding diaryl/α,β-unsaturated/α-hetero) is 1. The van der Waals surface area contributed by atoms with E-state index in [2.05, 4.69) is 4.98 Å². The van der Waals surface area contributed by atoms with E-state index in [0.29, 0.717) is 5.69 Å². The molecule has 1 aliphatic rings. The molecule has 1 aromatic heterocycles. The lowest BCUT2D eigenvalue weighted by molar-refractivity contribution is 0.0963. The van der Waals surface area contributed by atoms with E-state index in [9.17, 15) is 4.79 Å². The van der Waals surface area contributed by atoms with E-state index in [0.717, 1.165) is 12.8 Å². The second-order valence-electron chi connectivity index (χ2n) is 2.85. The predicted molar refractivity (Wildman–Crippen MR) is 41.3 cm³/mol. The van der Waals surface area contributed by atoms with Crippen LogP contribution >= 0.6 is 0 Å². The third-order valence-corrected chi connectivity index (χ3v) is 1.87. The molecule has 1 heterocycles. The lowest BCUT2D eigenvalue weighted by Crippen LogP contribution is -2.02. The van der Waals surface area contributed by atoms with Gasteiger partial charge in [0.2, 0.25) is 0 Å². The van der Waals surface area contributed by atoms with Crippen molar-refractivity contribution in [2.24, 2.45) is 5.92 Å². The van der Waals surface area contributed by atoms with Crippen molar-refractivity contribution >= 4 is 5.78 Å². The fourth-order valence-corrected chi connectivity index (χ4v) is 1.06. The summed E-state index contributed by atoms with van der Waals surface area (Å²) in [5, 5.41) is 0. The van der Waals surface area contributed by atoms with Crippen molar-refractivity contribution in [3.63, 3.8) is 0 Å². The van der Waals surface area contributed by atoms with E-state index in [1.165, 1.54) is 0 Å². The summed E-state index contributed by atoms with van der Waals surface area (Å²) >= 11 is 0. The van der Waals surface area contributed by atoms with Gasteiger partial charge in [-0.1, -0.05) is 6.07 Å². The van der Waals surface area contributed by atoms with Crippen LogP contribution in [-0.4, -0.2) is 10.8 Å². The zero-order valence-corrected chi connectivity index (χ0v) is 6.16. The molecule has 0 spiro atoms. The minimum atomic E-state index is 0.214. The number of pyridine rings is 1. The zero-order valence-electron chi connectivity index (χ0n) is 6.16. The van der Waals surface area contributed by atoms with Gasteiger partial charge in [-0.3, -0.25) is 9.78 Å². The van der Waals surface area contributed by atoms with E-state index in [1.807, 2.05) is 12.1 Å². The molecule has 56 valence electrons. The number of rotatable bonds is 2. The first-order valence-electron chi connectivity index (χ1n) is 3.83. The first-order chi connectivity index (χ1) is 5.38. The van der Waals surface area contributed by atoms with Crippen molar-refractivity contribution in [3.05, 3.63) is 30.1 Å². The molecule has 0 amide bonds. The fraction of sp³-hybridized carbons (Fsp3) is 0.333. The Kier molecular flexibility index (Phi) is 1.46. The van der Waals surface area contributed by atoms with E-state index in [4.69, 9.17) is 0 Å². The third-order valence-electron chi connectivity index (χ3n) is 1.87.